The van der Waals surface area contributed by atoms with E-state index in [1.807, 2.05) is 24.3 Å². The number of hydrogen-bond acceptors (Lipinski definition) is 5. The van der Waals surface area contributed by atoms with Crippen molar-refractivity contribution in [2.45, 2.75) is 33.6 Å². The standard InChI is InChI=1S/C20H29N3O3/c1-4-7-13-25-19-15-17(16-10-8-9-11-18(16)21-19)20(24)22-26-14-12-23(5-2)6-3/h8-11,15H,4-7,12-14H2,1-3H3,(H,22,24). The molecule has 0 saturated heterocycles. The maximum Gasteiger partial charge on any atom is 0.275 e. The summed E-state index contributed by atoms with van der Waals surface area (Å²) in [4.78, 5) is 24.7. The van der Waals surface area contributed by atoms with Crippen molar-refractivity contribution in [2.24, 2.45) is 0 Å². The number of rotatable bonds is 11. The molecule has 0 atom stereocenters. The van der Waals surface area contributed by atoms with Gasteiger partial charge in [-0.05, 0) is 25.6 Å². The molecule has 1 amide bonds. The number of fused-ring (bicyclic) bond motifs is 1. The molecule has 2 aromatic rings. The SMILES string of the molecule is CCCCOc1cc(C(=O)NOCCN(CC)CC)c2ccccc2n1. The second-order valence-electron chi connectivity index (χ2n) is 6.03. The Morgan fingerprint density at radius 1 is 1.15 bits per heavy atom. The molecule has 142 valence electrons. The van der Waals surface area contributed by atoms with Crippen LogP contribution in [-0.2, 0) is 4.84 Å². The molecule has 1 heterocycles. The predicted octanol–water partition coefficient (Wildman–Crippen LogP) is 3.42. The van der Waals surface area contributed by atoms with E-state index in [1.165, 1.54) is 0 Å². The molecule has 0 aliphatic rings. The van der Waals surface area contributed by atoms with Gasteiger partial charge in [-0.3, -0.25) is 9.63 Å². The van der Waals surface area contributed by atoms with Crippen molar-refractivity contribution < 1.29 is 14.4 Å². The number of amides is 1. The quantitative estimate of drug-likeness (QED) is 0.492. The summed E-state index contributed by atoms with van der Waals surface area (Å²) in [6.07, 6.45) is 1.99. The van der Waals surface area contributed by atoms with Gasteiger partial charge in [0.05, 0.1) is 24.3 Å². The predicted molar refractivity (Wildman–Crippen MR) is 103 cm³/mol. The van der Waals surface area contributed by atoms with Crippen molar-refractivity contribution in [2.75, 3.05) is 32.8 Å². The van der Waals surface area contributed by atoms with E-state index in [1.54, 1.807) is 6.07 Å². The Labute approximate surface area is 155 Å². The number of benzene rings is 1. The Kier molecular flexibility index (Phi) is 8.31. The monoisotopic (exact) mass is 359 g/mol. The largest absolute Gasteiger partial charge is 0.478 e. The minimum Gasteiger partial charge on any atom is -0.478 e. The number of para-hydroxylation sites is 1. The molecule has 1 N–H and O–H groups in total. The topological polar surface area (TPSA) is 63.7 Å². The summed E-state index contributed by atoms with van der Waals surface area (Å²) in [5.41, 5.74) is 3.78. The van der Waals surface area contributed by atoms with Gasteiger partial charge < -0.3 is 9.64 Å². The lowest BCUT2D eigenvalue weighted by atomic mass is 10.1. The zero-order valence-electron chi connectivity index (χ0n) is 16.0. The zero-order valence-corrected chi connectivity index (χ0v) is 16.0. The lowest BCUT2D eigenvalue weighted by Gasteiger charge is -2.17. The fourth-order valence-electron chi connectivity index (χ4n) is 2.62. The van der Waals surface area contributed by atoms with E-state index in [0.717, 1.165) is 43.4 Å². The van der Waals surface area contributed by atoms with Crippen LogP contribution in [0.4, 0.5) is 0 Å². The van der Waals surface area contributed by atoms with Crippen molar-refractivity contribution >= 4 is 16.8 Å². The van der Waals surface area contributed by atoms with Crippen molar-refractivity contribution in [1.82, 2.24) is 15.4 Å². The molecule has 1 aromatic carbocycles. The van der Waals surface area contributed by atoms with Crippen LogP contribution >= 0.6 is 0 Å². The van der Waals surface area contributed by atoms with E-state index in [4.69, 9.17) is 9.57 Å². The van der Waals surface area contributed by atoms with Gasteiger partial charge in [0, 0.05) is 18.0 Å². The third-order valence-electron chi connectivity index (χ3n) is 4.25. The molecule has 0 unspecified atom stereocenters. The van der Waals surface area contributed by atoms with Gasteiger partial charge in [-0.1, -0.05) is 45.4 Å². The number of hydroxylamine groups is 1. The Morgan fingerprint density at radius 2 is 1.92 bits per heavy atom. The summed E-state index contributed by atoms with van der Waals surface area (Å²) in [6, 6.07) is 9.22. The number of unbranched alkanes of at least 4 members (excludes halogenated alkanes) is 1. The minimum absolute atomic E-state index is 0.288. The first-order valence-electron chi connectivity index (χ1n) is 9.36. The summed E-state index contributed by atoms with van der Waals surface area (Å²) in [5, 5.41) is 0.778. The Bertz CT molecular complexity index is 702. The molecular weight excluding hydrogens is 330 g/mol. The Hall–Kier alpha value is -2.18. The van der Waals surface area contributed by atoms with Gasteiger partial charge in [-0.15, -0.1) is 0 Å². The maximum atomic E-state index is 12.6. The second-order valence-corrected chi connectivity index (χ2v) is 6.03. The smallest absolute Gasteiger partial charge is 0.275 e. The van der Waals surface area contributed by atoms with Crippen LogP contribution in [0.1, 0.15) is 44.0 Å². The number of pyridine rings is 1. The number of carbonyl (C=O) groups is 1. The first kappa shape index (κ1) is 20.1. The molecular formula is C20H29N3O3. The number of aromatic nitrogens is 1. The van der Waals surface area contributed by atoms with Gasteiger partial charge >= 0.3 is 0 Å². The number of nitrogens with zero attached hydrogens (tertiary/aromatic N) is 2. The molecule has 1 aromatic heterocycles. The van der Waals surface area contributed by atoms with E-state index >= 15 is 0 Å². The molecule has 26 heavy (non-hydrogen) atoms. The molecule has 0 radical (unpaired) electrons. The van der Waals surface area contributed by atoms with Crippen LogP contribution in [0.15, 0.2) is 30.3 Å². The Morgan fingerprint density at radius 3 is 2.65 bits per heavy atom. The number of carbonyl (C=O) groups excluding carboxylic acids is 1. The van der Waals surface area contributed by atoms with Crippen molar-refractivity contribution in [1.29, 1.82) is 0 Å². The van der Waals surface area contributed by atoms with E-state index in [-0.39, 0.29) is 5.91 Å². The summed E-state index contributed by atoms with van der Waals surface area (Å²) < 4.78 is 5.69. The van der Waals surface area contributed by atoms with Crippen LogP contribution < -0.4 is 10.2 Å². The second kappa shape index (κ2) is 10.7. The van der Waals surface area contributed by atoms with Gasteiger partial charge in [0.1, 0.15) is 0 Å². The van der Waals surface area contributed by atoms with E-state index < -0.39 is 0 Å². The summed E-state index contributed by atoms with van der Waals surface area (Å²) >= 11 is 0. The molecule has 0 fully saturated rings. The normalized spacial score (nSPS) is 11.1. The van der Waals surface area contributed by atoms with E-state index in [0.29, 0.717) is 24.7 Å². The third-order valence-corrected chi connectivity index (χ3v) is 4.25. The lowest BCUT2D eigenvalue weighted by Crippen LogP contribution is -2.31. The highest BCUT2D eigenvalue weighted by Gasteiger charge is 2.14. The minimum atomic E-state index is -0.288. The van der Waals surface area contributed by atoms with Gasteiger partial charge in [-0.25, -0.2) is 10.5 Å². The van der Waals surface area contributed by atoms with Gasteiger partial charge in [-0.2, -0.15) is 0 Å². The number of nitrogens with one attached hydrogen (secondary N) is 1. The van der Waals surface area contributed by atoms with Gasteiger partial charge in [0.2, 0.25) is 5.88 Å². The first-order chi connectivity index (χ1) is 12.7. The molecule has 0 bridgehead atoms. The molecule has 0 aliphatic carbocycles. The molecule has 0 spiro atoms. The van der Waals surface area contributed by atoms with Crippen molar-refractivity contribution in [3.05, 3.63) is 35.9 Å². The van der Waals surface area contributed by atoms with Crippen molar-refractivity contribution in [3.8, 4) is 5.88 Å². The van der Waals surface area contributed by atoms with Crippen molar-refractivity contribution in [3.63, 3.8) is 0 Å². The molecule has 6 heteroatoms. The molecule has 2 rings (SSSR count). The van der Waals surface area contributed by atoms with E-state index in [9.17, 15) is 4.79 Å². The van der Waals surface area contributed by atoms with Crippen LogP contribution in [0.3, 0.4) is 0 Å². The van der Waals surface area contributed by atoms with Crippen LogP contribution in [0, 0.1) is 0 Å². The highest BCUT2D eigenvalue weighted by molar-refractivity contribution is 6.06. The van der Waals surface area contributed by atoms with Crippen LogP contribution in [0.25, 0.3) is 10.9 Å². The first-order valence-corrected chi connectivity index (χ1v) is 9.36. The van der Waals surface area contributed by atoms with Crippen LogP contribution in [0.2, 0.25) is 0 Å². The number of likely N-dealkylation sites (N-methyl/N-ethyl adjacent to an activating group) is 1. The third kappa shape index (κ3) is 5.68. The van der Waals surface area contributed by atoms with Gasteiger partial charge in [0.15, 0.2) is 0 Å². The summed E-state index contributed by atoms with van der Waals surface area (Å²) in [5.74, 6) is 0.175. The summed E-state index contributed by atoms with van der Waals surface area (Å²) in [6.45, 7) is 10.0. The average molecular weight is 359 g/mol. The maximum absolute atomic E-state index is 12.6. The number of ether oxygens (including phenoxy) is 1. The van der Waals surface area contributed by atoms with Gasteiger partial charge in [0.25, 0.3) is 5.91 Å². The lowest BCUT2D eigenvalue weighted by molar-refractivity contribution is 0.0234. The van der Waals surface area contributed by atoms with E-state index in [2.05, 4.69) is 36.1 Å². The molecule has 0 aliphatic heterocycles. The molecule has 6 nitrogen and oxygen atoms in total. The average Bonchev–Trinajstić information content (AvgIpc) is 2.67. The highest BCUT2D eigenvalue weighted by Crippen LogP contribution is 2.22. The fourth-order valence-corrected chi connectivity index (χ4v) is 2.62. The van der Waals surface area contributed by atoms with Crippen LogP contribution in [-0.4, -0.2) is 48.6 Å². The summed E-state index contributed by atoms with van der Waals surface area (Å²) in [7, 11) is 0. The number of hydrogen-bond donors (Lipinski definition) is 1. The highest BCUT2D eigenvalue weighted by atomic mass is 16.7. The zero-order chi connectivity index (χ0) is 18.8. The fraction of sp³-hybridized carbons (Fsp3) is 0.500. The molecule has 0 saturated carbocycles. The van der Waals surface area contributed by atoms with Crippen LogP contribution in [0.5, 0.6) is 5.88 Å². The Balaban J connectivity index is 2.06.